The molecule has 0 atom stereocenters. The van der Waals surface area contributed by atoms with E-state index in [1.54, 1.807) is 0 Å². The van der Waals surface area contributed by atoms with Crippen LogP contribution in [0.25, 0.3) is 104 Å². The largest absolute Gasteiger partial charge is 0.309 e. The quantitative estimate of drug-likeness (QED) is 0.174. The van der Waals surface area contributed by atoms with Crippen LogP contribution in [0.2, 0.25) is 0 Å². The average molecular weight is 697 g/mol. The second-order valence-corrected chi connectivity index (χ2v) is 14.2. The Kier molecular flexibility index (Phi) is 7.34. The van der Waals surface area contributed by atoms with Crippen LogP contribution in [0.4, 0.5) is 0 Å². The predicted molar refractivity (Wildman–Crippen MR) is 226 cm³/mol. The summed E-state index contributed by atoms with van der Waals surface area (Å²) < 4.78 is 4.98. The zero-order chi connectivity index (χ0) is 35.5. The first-order valence-electron chi connectivity index (χ1n) is 17.8. The molecule has 0 unspecified atom stereocenters. The lowest BCUT2D eigenvalue weighted by Crippen LogP contribution is -1.99. The first-order chi connectivity index (χ1) is 26.2. The van der Waals surface area contributed by atoms with Crippen molar-refractivity contribution in [3.8, 4) is 39.5 Å². The van der Waals surface area contributed by atoms with E-state index in [2.05, 4.69) is 152 Å². The first-order valence-corrected chi connectivity index (χ1v) is 18.6. The molecule has 0 aliphatic heterocycles. The van der Waals surface area contributed by atoms with Crippen molar-refractivity contribution < 1.29 is 0 Å². The molecular weight excluding hydrogens is 665 g/mol. The zero-order valence-corrected chi connectivity index (χ0v) is 29.8. The maximum absolute atomic E-state index is 5.18. The maximum Gasteiger partial charge on any atom is 0.160 e. The van der Waals surface area contributed by atoms with Gasteiger partial charge in [-0.1, -0.05) is 110 Å². The molecule has 0 aliphatic rings. The Bertz CT molecular complexity index is 3080. The molecule has 10 rings (SSSR count). The zero-order valence-electron chi connectivity index (χ0n) is 29.0. The fourth-order valence-corrected chi connectivity index (χ4v) is 9.07. The summed E-state index contributed by atoms with van der Waals surface area (Å²) in [6.07, 6.45) is 8.16. The van der Waals surface area contributed by atoms with E-state index in [1.807, 2.05) is 41.8 Å². The van der Waals surface area contributed by atoms with Crippen LogP contribution in [0.1, 0.15) is 18.2 Å². The summed E-state index contributed by atoms with van der Waals surface area (Å²) in [5.74, 6) is 0.657. The second-order valence-electron chi connectivity index (χ2n) is 13.2. The monoisotopic (exact) mass is 696 g/mol. The highest BCUT2D eigenvalue weighted by molar-refractivity contribution is 7.27. The standard InChI is InChI=1S/C48H32N4S/c1-3-14-37-40(4-2)52(46-35-19-8-9-20-36(35)47-43(42(37)46)38-21-10-11-23-41(38)53-47)34-26-24-31(25-27-34)48-50-39-22-13-28-49-45(39)44(51-48)33-18-12-17-32(29-33)30-15-6-5-7-16-30/h3-29H,2H2,1H3/b14-3-. The van der Waals surface area contributed by atoms with Gasteiger partial charge in [-0.15, -0.1) is 11.3 Å². The normalized spacial score (nSPS) is 11.9. The highest BCUT2D eigenvalue weighted by Crippen LogP contribution is 2.48. The molecule has 10 aromatic rings. The van der Waals surface area contributed by atoms with Gasteiger partial charge in [-0.2, -0.15) is 0 Å². The minimum atomic E-state index is 0.657. The third-order valence-electron chi connectivity index (χ3n) is 10.1. The van der Waals surface area contributed by atoms with E-state index in [0.29, 0.717) is 5.82 Å². The van der Waals surface area contributed by atoms with E-state index >= 15 is 0 Å². The molecule has 53 heavy (non-hydrogen) atoms. The fourth-order valence-electron chi connectivity index (χ4n) is 7.83. The Morgan fingerprint density at radius 2 is 1.38 bits per heavy atom. The lowest BCUT2D eigenvalue weighted by molar-refractivity contribution is 1.11. The van der Waals surface area contributed by atoms with Crippen molar-refractivity contribution in [1.82, 2.24) is 19.5 Å². The topological polar surface area (TPSA) is 43.6 Å². The van der Waals surface area contributed by atoms with Gasteiger partial charge in [0.15, 0.2) is 5.82 Å². The van der Waals surface area contributed by atoms with Crippen LogP contribution in [-0.4, -0.2) is 19.5 Å². The summed E-state index contributed by atoms with van der Waals surface area (Å²) in [5.41, 5.74) is 11.1. The molecule has 0 bridgehead atoms. The van der Waals surface area contributed by atoms with Gasteiger partial charge in [0, 0.05) is 64.9 Å². The van der Waals surface area contributed by atoms with Gasteiger partial charge < -0.3 is 4.57 Å². The SMILES string of the molecule is C=Cc1c(/C=C\C)c2c3c4ccccc4sc3c3ccccc3c2n1-c1ccc(-c2nc(-c3cccc(-c4ccccc4)c3)c3ncccc3n2)cc1. The summed E-state index contributed by atoms with van der Waals surface area (Å²) in [7, 11) is 0. The summed E-state index contributed by atoms with van der Waals surface area (Å²) in [6, 6.07) is 49.1. The number of thiophene rings is 1. The van der Waals surface area contributed by atoms with Gasteiger partial charge in [0.2, 0.25) is 0 Å². The summed E-state index contributed by atoms with van der Waals surface area (Å²) in [5, 5.41) is 6.31. The van der Waals surface area contributed by atoms with Crippen LogP contribution in [0.3, 0.4) is 0 Å². The minimum absolute atomic E-state index is 0.657. The number of benzene rings is 6. The van der Waals surface area contributed by atoms with Gasteiger partial charge in [0.05, 0.1) is 16.7 Å². The Hall–Kier alpha value is -6.69. The third kappa shape index (κ3) is 4.93. The average Bonchev–Trinajstić information content (AvgIpc) is 3.77. The molecule has 250 valence electrons. The van der Waals surface area contributed by atoms with Crippen molar-refractivity contribution in [3.05, 3.63) is 170 Å². The number of pyridine rings is 1. The van der Waals surface area contributed by atoms with E-state index < -0.39 is 0 Å². The van der Waals surface area contributed by atoms with Gasteiger partial charge in [0.1, 0.15) is 11.2 Å². The van der Waals surface area contributed by atoms with E-state index in [4.69, 9.17) is 15.0 Å². The van der Waals surface area contributed by atoms with Crippen LogP contribution < -0.4 is 0 Å². The molecule has 4 nitrogen and oxygen atoms in total. The number of aromatic nitrogens is 4. The van der Waals surface area contributed by atoms with Crippen LogP contribution in [0, 0.1) is 0 Å². The molecule has 0 spiro atoms. The maximum atomic E-state index is 5.18. The Balaban J connectivity index is 1.18. The van der Waals surface area contributed by atoms with Crippen molar-refractivity contribution in [2.75, 3.05) is 0 Å². The third-order valence-corrected chi connectivity index (χ3v) is 11.3. The number of nitrogens with zero attached hydrogens (tertiary/aromatic N) is 4. The molecular formula is C48H32N4S. The second kappa shape index (κ2) is 12.5. The molecule has 0 saturated carbocycles. The molecule has 4 aromatic heterocycles. The number of allylic oxidation sites excluding steroid dienone is 1. The molecule has 0 aliphatic carbocycles. The van der Waals surface area contributed by atoms with Gasteiger partial charge in [-0.3, -0.25) is 4.98 Å². The Morgan fingerprint density at radius 3 is 2.19 bits per heavy atom. The van der Waals surface area contributed by atoms with Crippen molar-refractivity contribution in [2.45, 2.75) is 6.92 Å². The Morgan fingerprint density at radius 1 is 0.642 bits per heavy atom. The molecule has 0 N–H and O–H groups in total. The van der Waals surface area contributed by atoms with Crippen molar-refractivity contribution in [3.63, 3.8) is 0 Å². The first kappa shape index (κ1) is 31.1. The number of hydrogen-bond donors (Lipinski definition) is 0. The lowest BCUT2D eigenvalue weighted by Gasteiger charge is -2.13. The number of hydrogen-bond acceptors (Lipinski definition) is 4. The van der Waals surface area contributed by atoms with Gasteiger partial charge >= 0.3 is 0 Å². The number of rotatable bonds is 6. The van der Waals surface area contributed by atoms with Crippen LogP contribution in [-0.2, 0) is 0 Å². The highest BCUT2D eigenvalue weighted by Gasteiger charge is 2.23. The lowest BCUT2D eigenvalue weighted by atomic mass is 9.98. The highest BCUT2D eigenvalue weighted by atomic mass is 32.1. The molecule has 5 heteroatoms. The van der Waals surface area contributed by atoms with Crippen molar-refractivity contribution in [2.24, 2.45) is 0 Å². The van der Waals surface area contributed by atoms with Gasteiger partial charge in [-0.25, -0.2) is 9.97 Å². The molecule has 0 fully saturated rings. The van der Waals surface area contributed by atoms with E-state index in [9.17, 15) is 0 Å². The van der Waals surface area contributed by atoms with E-state index in [1.165, 1.54) is 47.4 Å². The summed E-state index contributed by atoms with van der Waals surface area (Å²) >= 11 is 1.87. The van der Waals surface area contributed by atoms with E-state index in [-0.39, 0.29) is 0 Å². The van der Waals surface area contributed by atoms with Crippen molar-refractivity contribution in [1.29, 1.82) is 0 Å². The van der Waals surface area contributed by atoms with E-state index in [0.717, 1.165) is 50.4 Å². The van der Waals surface area contributed by atoms with Crippen LogP contribution >= 0.6 is 11.3 Å². The summed E-state index contributed by atoms with van der Waals surface area (Å²) in [4.78, 5) is 14.9. The van der Waals surface area contributed by atoms with Crippen molar-refractivity contribution >= 4 is 76.4 Å². The molecule has 0 amide bonds. The number of fused-ring (bicyclic) bond motifs is 9. The molecule has 4 heterocycles. The Labute approximate surface area is 310 Å². The molecule has 0 saturated heterocycles. The predicted octanol–water partition coefficient (Wildman–Crippen LogP) is 13.2. The van der Waals surface area contributed by atoms with Crippen LogP contribution in [0.15, 0.2) is 158 Å². The smallest absolute Gasteiger partial charge is 0.160 e. The van der Waals surface area contributed by atoms with Crippen LogP contribution in [0.5, 0.6) is 0 Å². The minimum Gasteiger partial charge on any atom is -0.309 e. The van der Waals surface area contributed by atoms with Gasteiger partial charge in [0.25, 0.3) is 0 Å². The molecule has 0 radical (unpaired) electrons. The van der Waals surface area contributed by atoms with Gasteiger partial charge in [-0.05, 0) is 72.7 Å². The molecule has 6 aromatic carbocycles. The summed E-state index contributed by atoms with van der Waals surface area (Å²) in [6.45, 7) is 6.43. The fraction of sp³-hybridized carbons (Fsp3) is 0.0208.